The largest absolute Gasteiger partial charge is 0.308 e. The van der Waals surface area contributed by atoms with E-state index in [1.807, 2.05) is 78.9 Å². The molecule has 1 aromatic rings. The fourth-order valence-corrected chi connectivity index (χ4v) is 9.61. The van der Waals surface area contributed by atoms with Crippen LogP contribution in [-0.4, -0.2) is 0 Å². The predicted octanol–water partition coefficient (Wildman–Crippen LogP) is 8.15. The molecule has 32 heavy (non-hydrogen) atoms. The summed E-state index contributed by atoms with van der Waals surface area (Å²) < 4.78 is 15.3. The first kappa shape index (κ1) is 21.8. The summed E-state index contributed by atoms with van der Waals surface area (Å²) in [5, 5.41) is 2.65. The van der Waals surface area contributed by atoms with Crippen LogP contribution in [-0.2, 0) is 4.57 Å². The lowest BCUT2D eigenvalue weighted by atomic mass is 10.2. The van der Waals surface area contributed by atoms with Gasteiger partial charge in [0.25, 0.3) is 0 Å². The lowest BCUT2D eigenvalue weighted by Gasteiger charge is -2.20. The Hall–Kier alpha value is -1.99. The van der Waals surface area contributed by atoms with Crippen LogP contribution in [0.2, 0.25) is 20.1 Å². The van der Waals surface area contributed by atoms with Gasteiger partial charge in [0.05, 0.1) is 30.7 Å². The van der Waals surface area contributed by atoms with E-state index in [2.05, 4.69) is 0 Å². The number of rotatable bonds is 3. The molecule has 0 amide bonds. The maximum Gasteiger partial charge on any atom is 0.176 e. The number of benzene rings is 1. The maximum absolute atomic E-state index is 15.3. The lowest BCUT2D eigenvalue weighted by Crippen LogP contribution is -2.25. The highest BCUT2D eigenvalue weighted by Gasteiger charge is 2.42. The molecule has 0 spiro atoms. The average molecular weight is 516 g/mol. The Bertz CT molecular complexity index is 1290. The van der Waals surface area contributed by atoms with Crippen molar-refractivity contribution >= 4 is 69.5 Å². The SMILES string of the molecule is O=P(c1ccccc1)(c1c(Cl)c2cccccc-2c1Cl)c1c(Cl)c2cccccc-2c1Cl. The van der Waals surface area contributed by atoms with Gasteiger partial charge in [0.15, 0.2) is 7.14 Å². The number of hydrogen-bond acceptors (Lipinski definition) is 1. The van der Waals surface area contributed by atoms with Crippen molar-refractivity contribution in [3.8, 4) is 22.3 Å². The lowest BCUT2D eigenvalue weighted by molar-refractivity contribution is 0.592. The van der Waals surface area contributed by atoms with Gasteiger partial charge in [0, 0.05) is 27.6 Å². The van der Waals surface area contributed by atoms with Crippen LogP contribution in [0.15, 0.2) is 91.0 Å². The predicted molar refractivity (Wildman–Crippen MR) is 139 cm³/mol. The second-order valence-electron chi connectivity index (χ2n) is 7.37. The highest BCUT2D eigenvalue weighted by atomic mass is 35.5. The molecular formula is C26H15Cl4OP. The minimum Gasteiger partial charge on any atom is -0.308 e. The van der Waals surface area contributed by atoms with Crippen molar-refractivity contribution < 1.29 is 4.57 Å². The standard InChI is InChI=1S/C26H15Cl4OP/c27-21-17-12-6-2-7-13-18(17)22(28)25(21)32(31,16-10-4-1-5-11-16)26-23(29)19-14-8-3-9-15-20(19)24(26)30/h1-15H. The minimum atomic E-state index is -3.65. The summed E-state index contributed by atoms with van der Waals surface area (Å²) in [4.78, 5) is 0. The van der Waals surface area contributed by atoms with E-state index in [0.29, 0.717) is 36.0 Å². The normalized spacial score (nSPS) is 11.9. The van der Waals surface area contributed by atoms with Gasteiger partial charge in [-0.1, -0.05) is 137 Å². The van der Waals surface area contributed by atoms with Crippen LogP contribution in [0, 0.1) is 0 Å². The average Bonchev–Trinajstić information content (AvgIpc) is 3.05. The molecule has 0 heterocycles. The molecular weight excluding hydrogens is 501 g/mol. The molecule has 0 saturated carbocycles. The highest BCUT2D eigenvalue weighted by Crippen LogP contribution is 2.56. The molecule has 5 rings (SSSR count). The second-order valence-corrected chi connectivity index (χ2v) is 11.5. The Morgan fingerprint density at radius 1 is 0.438 bits per heavy atom. The van der Waals surface area contributed by atoms with Gasteiger partial charge in [-0.2, -0.15) is 0 Å². The van der Waals surface area contributed by atoms with Crippen LogP contribution >= 0.6 is 53.5 Å². The van der Waals surface area contributed by atoms with Gasteiger partial charge < -0.3 is 4.57 Å². The third-order valence-corrected chi connectivity index (χ3v) is 10.9. The fourth-order valence-electron chi connectivity index (χ4n) is 4.12. The molecule has 0 atom stereocenters. The van der Waals surface area contributed by atoms with Crippen molar-refractivity contribution in [2.24, 2.45) is 0 Å². The molecule has 0 unspecified atom stereocenters. The van der Waals surface area contributed by atoms with Gasteiger partial charge in [-0.05, 0) is 0 Å². The molecule has 0 N–H and O–H groups in total. The van der Waals surface area contributed by atoms with Crippen molar-refractivity contribution in [1.29, 1.82) is 0 Å². The van der Waals surface area contributed by atoms with Gasteiger partial charge >= 0.3 is 0 Å². The molecule has 0 aromatic heterocycles. The van der Waals surface area contributed by atoms with Crippen molar-refractivity contribution in [3.63, 3.8) is 0 Å². The van der Waals surface area contributed by atoms with E-state index in [-0.39, 0.29) is 0 Å². The van der Waals surface area contributed by atoms with Crippen LogP contribution in [0.1, 0.15) is 0 Å². The van der Waals surface area contributed by atoms with E-state index in [4.69, 9.17) is 46.4 Å². The summed E-state index contributed by atoms with van der Waals surface area (Å²) in [5.41, 5.74) is 2.90. The molecule has 1 aromatic carbocycles. The summed E-state index contributed by atoms with van der Waals surface area (Å²) in [7, 11) is -3.65. The van der Waals surface area contributed by atoms with E-state index >= 15 is 4.57 Å². The smallest absolute Gasteiger partial charge is 0.176 e. The van der Waals surface area contributed by atoms with Crippen molar-refractivity contribution in [3.05, 3.63) is 111 Å². The highest BCUT2D eigenvalue weighted by molar-refractivity contribution is 7.86. The van der Waals surface area contributed by atoms with Gasteiger partial charge in [-0.3, -0.25) is 0 Å². The first-order chi connectivity index (χ1) is 15.5. The van der Waals surface area contributed by atoms with Crippen LogP contribution < -0.4 is 15.9 Å². The molecule has 6 heteroatoms. The van der Waals surface area contributed by atoms with Gasteiger partial charge in [-0.15, -0.1) is 0 Å². The maximum atomic E-state index is 15.3. The molecule has 0 aliphatic heterocycles. The third-order valence-electron chi connectivity index (χ3n) is 5.60. The third kappa shape index (κ3) is 3.19. The summed E-state index contributed by atoms with van der Waals surface area (Å²) in [6.45, 7) is 0. The van der Waals surface area contributed by atoms with Crippen LogP contribution in [0.4, 0.5) is 0 Å². The van der Waals surface area contributed by atoms with E-state index in [9.17, 15) is 0 Å². The van der Waals surface area contributed by atoms with Gasteiger partial charge in [0.2, 0.25) is 0 Å². The Balaban J connectivity index is 1.97. The molecule has 1 nitrogen and oxygen atoms in total. The Morgan fingerprint density at radius 2 is 0.719 bits per heavy atom. The van der Waals surface area contributed by atoms with Crippen LogP contribution in [0.25, 0.3) is 22.3 Å². The van der Waals surface area contributed by atoms with Gasteiger partial charge in [0.1, 0.15) is 0 Å². The van der Waals surface area contributed by atoms with Gasteiger partial charge in [-0.25, -0.2) is 0 Å². The number of halogens is 4. The monoisotopic (exact) mass is 514 g/mol. The molecule has 0 radical (unpaired) electrons. The molecule has 158 valence electrons. The van der Waals surface area contributed by atoms with Crippen molar-refractivity contribution in [1.82, 2.24) is 0 Å². The Morgan fingerprint density at radius 3 is 1.03 bits per heavy atom. The number of hydrogen-bond donors (Lipinski definition) is 0. The topological polar surface area (TPSA) is 17.1 Å². The van der Waals surface area contributed by atoms with E-state index in [1.165, 1.54) is 0 Å². The Labute approximate surface area is 206 Å². The molecule has 4 aliphatic carbocycles. The number of fused-ring (bicyclic) bond motifs is 2. The quantitative estimate of drug-likeness (QED) is 0.221. The summed E-state index contributed by atoms with van der Waals surface area (Å²) >= 11 is 27.5. The molecule has 4 aliphatic rings. The zero-order chi connectivity index (χ0) is 22.5. The zero-order valence-electron chi connectivity index (χ0n) is 16.5. The van der Waals surface area contributed by atoms with E-state index < -0.39 is 7.14 Å². The second kappa shape index (κ2) is 8.41. The van der Waals surface area contributed by atoms with E-state index in [1.54, 1.807) is 12.1 Å². The minimum absolute atomic E-state index is 0.344. The summed E-state index contributed by atoms with van der Waals surface area (Å²) in [6, 6.07) is 27.9. The zero-order valence-corrected chi connectivity index (χ0v) is 20.4. The van der Waals surface area contributed by atoms with Crippen LogP contribution in [0.5, 0.6) is 0 Å². The molecule has 0 bridgehead atoms. The summed E-state index contributed by atoms with van der Waals surface area (Å²) in [5.74, 6) is 0. The fraction of sp³-hybridized carbons (Fsp3) is 0. The molecule has 0 saturated heterocycles. The Kier molecular flexibility index (Phi) is 5.74. The van der Waals surface area contributed by atoms with Crippen LogP contribution in [0.3, 0.4) is 0 Å². The first-order valence-corrected chi connectivity index (χ1v) is 13.1. The molecule has 0 fully saturated rings. The summed E-state index contributed by atoms with van der Waals surface area (Å²) in [6.07, 6.45) is 0. The first-order valence-electron chi connectivity index (χ1n) is 9.84. The van der Waals surface area contributed by atoms with Crippen molar-refractivity contribution in [2.45, 2.75) is 0 Å². The van der Waals surface area contributed by atoms with E-state index in [0.717, 1.165) is 22.3 Å². The van der Waals surface area contributed by atoms with Crippen molar-refractivity contribution in [2.75, 3.05) is 0 Å².